The van der Waals surface area contributed by atoms with Gasteiger partial charge in [-0.2, -0.15) is 5.10 Å². The highest BCUT2D eigenvalue weighted by Crippen LogP contribution is 2.34. The summed E-state index contributed by atoms with van der Waals surface area (Å²) in [5.41, 5.74) is 2.93. The summed E-state index contributed by atoms with van der Waals surface area (Å²) in [4.78, 5) is 19.8. The van der Waals surface area contributed by atoms with Crippen molar-refractivity contribution in [2.45, 2.75) is 37.8 Å². The van der Waals surface area contributed by atoms with Gasteiger partial charge in [0, 0.05) is 24.0 Å². The lowest BCUT2D eigenvalue weighted by molar-refractivity contribution is 0.0604. The van der Waals surface area contributed by atoms with Gasteiger partial charge in [0.05, 0.1) is 29.3 Å². The van der Waals surface area contributed by atoms with E-state index in [1.54, 1.807) is 29.1 Å². The topological polar surface area (TPSA) is 85.2 Å². The van der Waals surface area contributed by atoms with E-state index >= 15 is 0 Å². The molecule has 0 spiro atoms. The number of hydrogen-bond donors (Lipinski definition) is 0. The van der Waals surface area contributed by atoms with E-state index in [1.165, 1.54) is 0 Å². The summed E-state index contributed by atoms with van der Waals surface area (Å²) in [6.45, 7) is 0.652. The number of piperidine rings is 1. The second-order valence-corrected chi connectivity index (χ2v) is 11.4. The summed E-state index contributed by atoms with van der Waals surface area (Å²) >= 11 is 6.07. The summed E-state index contributed by atoms with van der Waals surface area (Å²) in [5.74, 6) is 0.0273. The summed E-state index contributed by atoms with van der Waals surface area (Å²) in [7, 11) is -3.11. The van der Waals surface area contributed by atoms with E-state index in [0.29, 0.717) is 23.7 Å². The van der Waals surface area contributed by atoms with Crippen molar-refractivity contribution in [1.82, 2.24) is 19.7 Å². The molecule has 1 aromatic carbocycles. The highest BCUT2D eigenvalue weighted by atomic mass is 35.5. The highest BCUT2D eigenvalue weighted by Gasteiger charge is 2.34. The third-order valence-corrected chi connectivity index (χ3v) is 8.48. The van der Waals surface area contributed by atoms with E-state index in [1.807, 2.05) is 35.4 Å². The van der Waals surface area contributed by atoms with Gasteiger partial charge in [0.25, 0.3) is 5.91 Å². The summed E-state index contributed by atoms with van der Waals surface area (Å²) in [5, 5.41) is 5.28. The fraction of sp³-hybridized carbons (Fsp3) is 0.375. The first-order chi connectivity index (χ1) is 15.9. The molecule has 2 fully saturated rings. The minimum absolute atomic E-state index is 0.0327. The number of rotatable bonds is 4. The van der Waals surface area contributed by atoms with Crippen LogP contribution in [0, 0.1) is 0 Å². The highest BCUT2D eigenvalue weighted by molar-refractivity contribution is 7.91. The van der Waals surface area contributed by atoms with Crippen LogP contribution in [0.2, 0.25) is 5.02 Å². The van der Waals surface area contributed by atoms with Crippen LogP contribution in [0.5, 0.6) is 0 Å². The molecule has 3 aromatic rings. The molecular formula is C24H25ClN4O3S. The zero-order chi connectivity index (χ0) is 23.0. The molecule has 0 bridgehead atoms. The first-order valence-electron chi connectivity index (χ1n) is 11.2. The number of nitrogens with zero attached hydrogens (tertiary/aromatic N) is 4. The fourth-order valence-electron chi connectivity index (χ4n) is 4.82. The molecule has 0 unspecified atom stereocenters. The molecule has 7 nitrogen and oxygen atoms in total. The first-order valence-corrected chi connectivity index (χ1v) is 13.4. The second kappa shape index (κ2) is 8.91. The number of carbonyl (C=O) groups is 1. The average molecular weight is 485 g/mol. The zero-order valence-corrected chi connectivity index (χ0v) is 19.7. The number of amides is 1. The quantitative estimate of drug-likeness (QED) is 0.550. The Kier molecular flexibility index (Phi) is 5.97. The maximum Gasteiger partial charge on any atom is 0.274 e. The molecule has 2 atom stereocenters. The second-order valence-electron chi connectivity index (χ2n) is 8.72. The van der Waals surface area contributed by atoms with E-state index in [-0.39, 0.29) is 29.5 Å². The Morgan fingerprint density at radius 1 is 1.09 bits per heavy atom. The number of hydrogen-bond acceptors (Lipinski definition) is 5. The maximum atomic E-state index is 13.7. The lowest BCUT2D eigenvalue weighted by Gasteiger charge is -2.35. The van der Waals surface area contributed by atoms with Crippen LogP contribution in [-0.4, -0.2) is 52.0 Å². The number of sulfone groups is 1. The smallest absolute Gasteiger partial charge is 0.274 e. The van der Waals surface area contributed by atoms with Gasteiger partial charge in [-0.1, -0.05) is 29.8 Å². The number of benzene rings is 1. The van der Waals surface area contributed by atoms with Gasteiger partial charge in [-0.3, -0.25) is 14.5 Å². The largest absolute Gasteiger partial charge is 0.330 e. The summed E-state index contributed by atoms with van der Waals surface area (Å²) in [6.07, 6.45) is 6.90. The van der Waals surface area contributed by atoms with Crippen LogP contribution in [0.1, 0.15) is 53.8 Å². The number of carbonyl (C=O) groups excluding carboxylic acids is 1. The van der Waals surface area contributed by atoms with E-state index in [2.05, 4.69) is 10.1 Å². The van der Waals surface area contributed by atoms with Gasteiger partial charge < -0.3 is 4.90 Å². The van der Waals surface area contributed by atoms with Crippen molar-refractivity contribution in [2.24, 2.45) is 0 Å². The monoisotopic (exact) mass is 484 g/mol. The lowest BCUT2D eigenvalue weighted by atomic mass is 9.96. The fourth-order valence-corrected chi connectivity index (χ4v) is 6.64. The molecule has 0 saturated carbocycles. The molecule has 1 amide bonds. The van der Waals surface area contributed by atoms with Gasteiger partial charge in [-0.05, 0) is 61.1 Å². The Hall–Kier alpha value is -2.71. The first kappa shape index (κ1) is 22.1. The Balaban J connectivity index is 1.53. The Labute approximate surface area is 198 Å². The van der Waals surface area contributed by atoms with Gasteiger partial charge in [0.15, 0.2) is 15.5 Å². The van der Waals surface area contributed by atoms with Crippen molar-refractivity contribution in [3.8, 4) is 11.3 Å². The van der Waals surface area contributed by atoms with E-state index in [4.69, 9.17) is 11.6 Å². The summed E-state index contributed by atoms with van der Waals surface area (Å²) in [6, 6.07) is 12.6. The predicted octanol–water partition coefficient (Wildman–Crippen LogP) is 4.33. The molecule has 172 valence electrons. The van der Waals surface area contributed by atoms with Crippen molar-refractivity contribution < 1.29 is 13.2 Å². The molecule has 9 heteroatoms. The minimum Gasteiger partial charge on any atom is -0.330 e. The van der Waals surface area contributed by atoms with Gasteiger partial charge >= 0.3 is 0 Å². The molecule has 5 rings (SSSR count). The van der Waals surface area contributed by atoms with E-state index < -0.39 is 9.84 Å². The molecule has 33 heavy (non-hydrogen) atoms. The molecule has 2 aliphatic rings. The maximum absolute atomic E-state index is 13.7. The van der Waals surface area contributed by atoms with Crippen LogP contribution in [-0.2, 0) is 9.84 Å². The Morgan fingerprint density at radius 2 is 1.91 bits per heavy atom. The van der Waals surface area contributed by atoms with Gasteiger partial charge in [-0.25, -0.2) is 8.42 Å². The predicted molar refractivity (Wildman–Crippen MR) is 127 cm³/mol. The average Bonchev–Trinajstić information content (AvgIpc) is 3.43. The molecule has 0 radical (unpaired) electrons. The van der Waals surface area contributed by atoms with Crippen LogP contribution in [0.25, 0.3) is 11.3 Å². The Bertz CT molecular complexity index is 1260. The van der Waals surface area contributed by atoms with Gasteiger partial charge in [-0.15, -0.1) is 0 Å². The summed E-state index contributed by atoms with van der Waals surface area (Å²) < 4.78 is 26.0. The normalized spacial score (nSPS) is 22.4. The molecule has 2 aliphatic heterocycles. The van der Waals surface area contributed by atoms with Crippen molar-refractivity contribution in [3.05, 3.63) is 71.1 Å². The van der Waals surface area contributed by atoms with Crippen molar-refractivity contribution in [3.63, 3.8) is 0 Å². The zero-order valence-electron chi connectivity index (χ0n) is 18.1. The third kappa shape index (κ3) is 4.54. The van der Waals surface area contributed by atoms with E-state index in [9.17, 15) is 13.2 Å². The van der Waals surface area contributed by atoms with Crippen LogP contribution in [0.3, 0.4) is 0 Å². The molecule has 4 heterocycles. The Morgan fingerprint density at radius 3 is 2.61 bits per heavy atom. The van der Waals surface area contributed by atoms with Gasteiger partial charge in [0.2, 0.25) is 0 Å². The van der Waals surface area contributed by atoms with Crippen molar-refractivity contribution in [1.29, 1.82) is 0 Å². The third-order valence-electron chi connectivity index (χ3n) is 6.48. The van der Waals surface area contributed by atoms with Crippen LogP contribution >= 0.6 is 11.6 Å². The molecule has 2 aromatic heterocycles. The van der Waals surface area contributed by atoms with Crippen LogP contribution < -0.4 is 0 Å². The molecule has 0 aliphatic carbocycles. The van der Waals surface area contributed by atoms with Crippen LogP contribution in [0.4, 0.5) is 0 Å². The molecule has 0 N–H and O–H groups in total. The van der Waals surface area contributed by atoms with Gasteiger partial charge in [0.1, 0.15) is 0 Å². The minimum atomic E-state index is -3.11. The molecule has 2 saturated heterocycles. The lowest BCUT2D eigenvalue weighted by Crippen LogP contribution is -2.38. The number of aromatic nitrogens is 3. The molecular weight excluding hydrogens is 460 g/mol. The standard InChI is InChI=1S/C24H25ClN4O3S/c25-19-8-6-17(7-9-19)23-14-21(27-29(23)20-10-13-33(31,32)16-20)24(30)28-12-2-1-5-22(28)18-4-3-11-26-15-18/h3-4,6-9,11,14-15,20,22H,1-2,5,10,12-13,16H2/t20-,22-/m0/s1. The number of pyridine rings is 1. The number of likely N-dealkylation sites (tertiary alicyclic amines) is 1. The van der Waals surface area contributed by atoms with Crippen LogP contribution in [0.15, 0.2) is 54.9 Å². The number of halogens is 1. The van der Waals surface area contributed by atoms with E-state index in [0.717, 1.165) is 36.1 Å². The van der Waals surface area contributed by atoms with Crippen molar-refractivity contribution >= 4 is 27.3 Å². The van der Waals surface area contributed by atoms with Crippen molar-refractivity contribution in [2.75, 3.05) is 18.1 Å². The SMILES string of the molecule is O=C(c1cc(-c2ccc(Cl)cc2)n([C@H]2CCS(=O)(=O)C2)n1)N1CCCC[C@H]1c1cccnc1.